The Balaban J connectivity index is 1.37. The molecule has 1 saturated carbocycles. The molecule has 1 amide bonds. The second-order valence-corrected chi connectivity index (χ2v) is 10.6. The fourth-order valence-corrected chi connectivity index (χ4v) is 4.93. The first-order chi connectivity index (χ1) is 16.7. The van der Waals surface area contributed by atoms with Crippen LogP contribution in [-0.4, -0.2) is 57.7 Å². The summed E-state index contributed by atoms with van der Waals surface area (Å²) >= 11 is 0. The average Bonchev–Trinajstić information content (AvgIpc) is 3.59. The van der Waals surface area contributed by atoms with E-state index in [0.717, 1.165) is 50.5 Å². The lowest BCUT2D eigenvalue weighted by atomic mass is 10.0. The summed E-state index contributed by atoms with van der Waals surface area (Å²) in [5.74, 6) is -0.561. The summed E-state index contributed by atoms with van der Waals surface area (Å²) in [4.78, 5) is 28.4. The Hall–Kier alpha value is -3.12. The van der Waals surface area contributed by atoms with E-state index in [9.17, 15) is 9.59 Å². The van der Waals surface area contributed by atoms with Gasteiger partial charge in [-0.1, -0.05) is 54.6 Å². The third-order valence-corrected chi connectivity index (χ3v) is 6.70. The number of ether oxygens (including phenoxy) is 1. The number of likely N-dealkylation sites (tertiary alicyclic amines) is 1. The molecule has 186 valence electrons. The van der Waals surface area contributed by atoms with E-state index < -0.39 is 11.6 Å². The van der Waals surface area contributed by atoms with E-state index in [1.54, 1.807) is 6.08 Å². The Morgan fingerprint density at radius 3 is 2.31 bits per heavy atom. The highest BCUT2D eigenvalue weighted by Crippen LogP contribution is 2.46. The quantitative estimate of drug-likeness (QED) is 0.531. The highest BCUT2D eigenvalue weighted by molar-refractivity contribution is 5.85. The maximum absolute atomic E-state index is 13.3. The molecule has 1 N–H and O–H groups in total. The summed E-state index contributed by atoms with van der Waals surface area (Å²) in [5, 5.41) is 8.78. The van der Waals surface area contributed by atoms with Crippen LogP contribution in [0.3, 0.4) is 0 Å². The van der Waals surface area contributed by atoms with E-state index in [-0.39, 0.29) is 18.2 Å². The number of rotatable bonds is 7. The number of hydrogen-bond donors (Lipinski definition) is 1. The maximum atomic E-state index is 13.3. The summed E-state index contributed by atoms with van der Waals surface area (Å²) in [6, 6.07) is 18.9. The van der Waals surface area contributed by atoms with Crippen LogP contribution in [0.15, 0.2) is 60.7 Å². The second-order valence-electron chi connectivity index (χ2n) is 10.6. The number of carbonyl (C=O) groups excluding carboxylic acids is 1. The Morgan fingerprint density at radius 1 is 1.06 bits per heavy atom. The van der Waals surface area contributed by atoms with Gasteiger partial charge >= 0.3 is 12.1 Å². The van der Waals surface area contributed by atoms with Gasteiger partial charge in [0.05, 0.1) is 0 Å². The minimum atomic E-state index is -0.946. The molecular formula is C29H36N2O4. The van der Waals surface area contributed by atoms with Crippen molar-refractivity contribution in [3.63, 3.8) is 0 Å². The van der Waals surface area contributed by atoms with Gasteiger partial charge in [0.2, 0.25) is 0 Å². The zero-order valence-corrected chi connectivity index (χ0v) is 20.9. The summed E-state index contributed by atoms with van der Waals surface area (Å²) in [7, 11) is 0. The molecule has 0 aromatic heterocycles. The Morgan fingerprint density at radius 2 is 1.71 bits per heavy atom. The molecule has 0 bridgehead atoms. The second kappa shape index (κ2) is 10.6. The normalized spacial score (nSPS) is 21.1. The van der Waals surface area contributed by atoms with E-state index in [2.05, 4.69) is 41.3 Å². The van der Waals surface area contributed by atoms with Crippen LogP contribution in [0.4, 0.5) is 4.79 Å². The van der Waals surface area contributed by atoms with Gasteiger partial charge < -0.3 is 14.7 Å². The van der Waals surface area contributed by atoms with Gasteiger partial charge in [0, 0.05) is 43.7 Å². The number of amides is 1. The lowest BCUT2D eigenvalue weighted by Crippen LogP contribution is -2.50. The number of aliphatic carboxylic acids is 1. The number of hydrogen-bond acceptors (Lipinski definition) is 4. The first kappa shape index (κ1) is 25.0. The summed E-state index contributed by atoms with van der Waals surface area (Å²) in [5.41, 5.74) is 2.86. The average molecular weight is 477 g/mol. The molecule has 1 saturated heterocycles. The van der Waals surface area contributed by atoms with Gasteiger partial charge in [0.15, 0.2) is 0 Å². The van der Waals surface area contributed by atoms with Gasteiger partial charge in [0.25, 0.3) is 0 Å². The predicted octanol–water partition coefficient (Wildman–Crippen LogP) is 5.54. The van der Waals surface area contributed by atoms with Crippen LogP contribution >= 0.6 is 0 Å². The van der Waals surface area contributed by atoms with E-state index in [4.69, 9.17) is 9.84 Å². The van der Waals surface area contributed by atoms with Crippen LogP contribution in [0, 0.1) is 0 Å². The van der Waals surface area contributed by atoms with Crippen molar-refractivity contribution < 1.29 is 19.4 Å². The molecular weight excluding hydrogens is 440 g/mol. The molecule has 0 radical (unpaired) electrons. The number of benzene rings is 2. The van der Waals surface area contributed by atoms with Crippen molar-refractivity contribution in [2.24, 2.45) is 0 Å². The Kier molecular flexibility index (Phi) is 7.60. The molecule has 4 rings (SSSR count). The molecule has 2 unspecified atom stereocenters. The third kappa shape index (κ3) is 6.95. The molecule has 1 heterocycles. The number of carboxylic acids is 1. The monoisotopic (exact) mass is 476 g/mol. The minimum absolute atomic E-state index is 0.184. The first-order valence-corrected chi connectivity index (χ1v) is 12.5. The molecule has 6 heteroatoms. The number of piperidine rings is 1. The van der Waals surface area contributed by atoms with Gasteiger partial charge in [-0.2, -0.15) is 0 Å². The summed E-state index contributed by atoms with van der Waals surface area (Å²) in [6.07, 6.45) is 5.41. The maximum Gasteiger partial charge on any atom is 0.410 e. The number of carbonyl (C=O) groups is 2. The van der Waals surface area contributed by atoms with E-state index in [0.29, 0.717) is 5.92 Å². The molecule has 1 aliphatic carbocycles. The third-order valence-electron chi connectivity index (χ3n) is 6.70. The molecule has 2 atom stereocenters. The van der Waals surface area contributed by atoms with Crippen LogP contribution in [-0.2, 0) is 16.1 Å². The van der Waals surface area contributed by atoms with Gasteiger partial charge in [-0.05, 0) is 62.8 Å². The van der Waals surface area contributed by atoms with Crippen molar-refractivity contribution >= 4 is 18.1 Å². The van der Waals surface area contributed by atoms with Crippen LogP contribution in [0.2, 0.25) is 0 Å². The van der Waals surface area contributed by atoms with Crippen molar-refractivity contribution in [3.05, 3.63) is 77.4 Å². The molecule has 2 fully saturated rings. The molecule has 2 aromatic rings. The lowest BCUT2D eigenvalue weighted by molar-refractivity contribution is -0.131. The van der Waals surface area contributed by atoms with Crippen LogP contribution in [0.5, 0.6) is 0 Å². The summed E-state index contributed by atoms with van der Waals surface area (Å²) < 4.78 is 5.84. The van der Waals surface area contributed by atoms with Crippen molar-refractivity contribution in [1.82, 2.24) is 9.80 Å². The van der Waals surface area contributed by atoms with Crippen molar-refractivity contribution in [2.75, 3.05) is 13.1 Å². The predicted molar refractivity (Wildman–Crippen MR) is 137 cm³/mol. The first-order valence-electron chi connectivity index (χ1n) is 12.5. The summed E-state index contributed by atoms with van der Waals surface area (Å²) in [6.45, 7) is 8.47. The van der Waals surface area contributed by atoms with Crippen molar-refractivity contribution in [2.45, 2.75) is 70.2 Å². The van der Waals surface area contributed by atoms with Crippen molar-refractivity contribution in [1.29, 1.82) is 0 Å². The standard InChI is InChI=1S/C29H36N2O4/c1-29(2,3)35-28(34)31(26-19-25(26)23-7-5-4-6-8-23)24-15-17-30(18-16-24)20-22-11-9-21(10-12-22)13-14-27(32)33/h4-14,24-26H,15-20H2,1-3H3,(H,32,33). The van der Waals surface area contributed by atoms with Gasteiger partial charge in [0.1, 0.15) is 5.60 Å². The molecule has 0 spiro atoms. The molecule has 1 aliphatic heterocycles. The largest absolute Gasteiger partial charge is 0.478 e. The van der Waals surface area contributed by atoms with Crippen molar-refractivity contribution in [3.8, 4) is 0 Å². The molecule has 2 aromatic carbocycles. The highest BCUT2D eigenvalue weighted by atomic mass is 16.6. The molecule has 2 aliphatic rings. The van der Waals surface area contributed by atoms with Gasteiger partial charge in [-0.15, -0.1) is 0 Å². The number of carboxylic acid groups (broad SMARTS) is 1. The topological polar surface area (TPSA) is 70.1 Å². The Labute approximate surface area is 208 Å². The molecule has 6 nitrogen and oxygen atoms in total. The zero-order valence-electron chi connectivity index (χ0n) is 20.9. The Bertz CT molecular complexity index is 1030. The van der Waals surface area contributed by atoms with E-state index >= 15 is 0 Å². The smallest absolute Gasteiger partial charge is 0.410 e. The lowest BCUT2D eigenvalue weighted by Gasteiger charge is -2.39. The van der Waals surface area contributed by atoms with Gasteiger partial charge in [-0.3, -0.25) is 4.90 Å². The van der Waals surface area contributed by atoms with Crippen LogP contribution < -0.4 is 0 Å². The molecule has 35 heavy (non-hydrogen) atoms. The fourth-order valence-electron chi connectivity index (χ4n) is 4.93. The number of nitrogens with zero attached hydrogens (tertiary/aromatic N) is 2. The van der Waals surface area contributed by atoms with E-state index in [1.807, 2.05) is 43.9 Å². The van der Waals surface area contributed by atoms with Crippen LogP contribution in [0.1, 0.15) is 62.6 Å². The highest BCUT2D eigenvalue weighted by Gasteiger charge is 2.48. The zero-order chi connectivity index (χ0) is 25.0. The fraction of sp³-hybridized carbons (Fsp3) is 0.448. The SMILES string of the molecule is CC(C)(C)OC(=O)N(C1CCN(Cc2ccc(C=CC(=O)O)cc2)CC1)C1CC1c1ccccc1. The van der Waals surface area contributed by atoms with Crippen LogP contribution in [0.25, 0.3) is 6.08 Å². The van der Waals surface area contributed by atoms with Gasteiger partial charge in [-0.25, -0.2) is 9.59 Å². The minimum Gasteiger partial charge on any atom is -0.478 e. The van der Waals surface area contributed by atoms with E-state index in [1.165, 1.54) is 11.1 Å².